The fourth-order valence-corrected chi connectivity index (χ4v) is 4.98. The zero-order chi connectivity index (χ0) is 23.3. The molecule has 2 aliphatic heterocycles. The molecule has 1 aliphatic carbocycles. The zero-order valence-electron chi connectivity index (χ0n) is 18.6. The van der Waals surface area contributed by atoms with E-state index in [0.717, 1.165) is 12.1 Å². The molecule has 3 aliphatic rings. The molecule has 174 valence electrons. The van der Waals surface area contributed by atoms with Crippen LogP contribution in [0.2, 0.25) is 0 Å². The minimum Gasteiger partial charge on any atom is -0.380 e. The number of aryl methyl sites for hydroxylation is 1. The van der Waals surface area contributed by atoms with Gasteiger partial charge in [-0.15, -0.1) is 0 Å². The molecule has 2 heterocycles. The maximum absolute atomic E-state index is 15.2. The van der Waals surface area contributed by atoms with Crippen molar-refractivity contribution < 1.29 is 23.5 Å². The van der Waals surface area contributed by atoms with Crippen LogP contribution >= 0.6 is 0 Å². The monoisotopic (exact) mass is 455 g/mol. The summed E-state index contributed by atoms with van der Waals surface area (Å²) >= 11 is 0. The molecule has 2 aromatic rings. The normalized spacial score (nSPS) is 21.6. The zero-order valence-corrected chi connectivity index (χ0v) is 18.6. The number of aliphatic hydroxyl groups is 1. The second kappa shape index (κ2) is 8.09. The van der Waals surface area contributed by atoms with Gasteiger partial charge in [0.2, 0.25) is 0 Å². The summed E-state index contributed by atoms with van der Waals surface area (Å²) in [5.41, 5.74) is 0.876. The quantitative estimate of drug-likeness (QED) is 0.773. The van der Waals surface area contributed by atoms with Gasteiger partial charge in [-0.05, 0) is 43.4 Å². The number of amides is 2. The first-order chi connectivity index (χ1) is 15.8. The van der Waals surface area contributed by atoms with E-state index in [0.29, 0.717) is 19.3 Å². The highest BCUT2D eigenvalue weighted by atomic mass is 19.2. The maximum Gasteiger partial charge on any atom is 0.257 e. The number of hydrogen-bond donors (Lipinski definition) is 1. The van der Waals surface area contributed by atoms with Crippen molar-refractivity contribution in [3.05, 3.63) is 64.7 Å². The topological polar surface area (TPSA) is 64.1 Å². The van der Waals surface area contributed by atoms with E-state index in [1.807, 2.05) is 36.2 Å². The van der Waals surface area contributed by atoms with Crippen molar-refractivity contribution in [3.8, 4) is 0 Å². The van der Waals surface area contributed by atoms with E-state index < -0.39 is 23.1 Å². The van der Waals surface area contributed by atoms with Gasteiger partial charge >= 0.3 is 0 Å². The van der Waals surface area contributed by atoms with E-state index in [9.17, 15) is 14.7 Å². The lowest BCUT2D eigenvalue weighted by Gasteiger charge is -2.37. The van der Waals surface area contributed by atoms with Crippen molar-refractivity contribution >= 4 is 17.5 Å². The van der Waals surface area contributed by atoms with Gasteiger partial charge in [-0.1, -0.05) is 24.3 Å². The molecule has 2 fully saturated rings. The summed E-state index contributed by atoms with van der Waals surface area (Å²) in [6.07, 6.45) is 2.34. The van der Waals surface area contributed by atoms with Crippen LogP contribution in [-0.2, 0) is 11.2 Å². The predicted octanol–water partition coefficient (Wildman–Crippen LogP) is 2.90. The first kappa shape index (κ1) is 21.8. The van der Waals surface area contributed by atoms with Crippen molar-refractivity contribution in [1.29, 1.82) is 0 Å². The van der Waals surface area contributed by atoms with Crippen LogP contribution in [0.3, 0.4) is 0 Å². The van der Waals surface area contributed by atoms with Crippen molar-refractivity contribution in [3.63, 3.8) is 0 Å². The highest BCUT2D eigenvalue weighted by Crippen LogP contribution is 2.39. The third-order valence-corrected chi connectivity index (χ3v) is 7.20. The fraction of sp³-hybridized carbons (Fsp3) is 0.440. The Morgan fingerprint density at radius 2 is 1.64 bits per heavy atom. The van der Waals surface area contributed by atoms with Gasteiger partial charge in [0.05, 0.1) is 11.6 Å². The average Bonchev–Trinajstić information content (AvgIpc) is 3.59. The molecule has 6 nitrogen and oxygen atoms in total. The Morgan fingerprint density at radius 1 is 0.970 bits per heavy atom. The van der Waals surface area contributed by atoms with Gasteiger partial charge in [0.1, 0.15) is 5.60 Å². The van der Waals surface area contributed by atoms with Crippen LogP contribution in [0.4, 0.5) is 14.5 Å². The predicted molar refractivity (Wildman–Crippen MR) is 119 cm³/mol. The minimum atomic E-state index is -1.25. The van der Waals surface area contributed by atoms with E-state index >= 15 is 8.78 Å². The molecule has 1 atom stereocenters. The first-order valence-electron chi connectivity index (χ1n) is 11.4. The minimum absolute atomic E-state index is 0.214. The van der Waals surface area contributed by atoms with Gasteiger partial charge in [-0.25, -0.2) is 8.78 Å². The molecule has 1 saturated heterocycles. The highest BCUT2D eigenvalue weighted by Gasteiger charge is 2.50. The average molecular weight is 456 g/mol. The second-order valence-corrected chi connectivity index (χ2v) is 9.24. The molecule has 5 rings (SSSR count). The molecule has 2 amide bonds. The van der Waals surface area contributed by atoms with E-state index in [1.165, 1.54) is 27.5 Å². The van der Waals surface area contributed by atoms with E-state index in [-0.39, 0.29) is 49.3 Å². The Hall–Kier alpha value is -3.00. The number of carbonyl (C=O) groups is 2. The van der Waals surface area contributed by atoms with Crippen LogP contribution < -0.4 is 4.90 Å². The molecular formula is C25H27F2N3O3. The molecule has 2 aromatic carbocycles. The maximum atomic E-state index is 15.2. The Labute approximate surface area is 191 Å². The Balaban J connectivity index is 1.31. The Kier molecular flexibility index (Phi) is 5.35. The number of benzene rings is 2. The van der Waals surface area contributed by atoms with E-state index in [1.54, 1.807) is 0 Å². The van der Waals surface area contributed by atoms with Crippen molar-refractivity contribution in [1.82, 2.24) is 9.80 Å². The molecular weight excluding hydrogens is 428 g/mol. The smallest absolute Gasteiger partial charge is 0.257 e. The summed E-state index contributed by atoms with van der Waals surface area (Å²) in [6, 6.07) is 10.5. The number of piperazine rings is 1. The summed E-state index contributed by atoms with van der Waals surface area (Å²) in [5.74, 6) is -3.01. The van der Waals surface area contributed by atoms with Crippen molar-refractivity contribution in [2.24, 2.45) is 0 Å². The van der Waals surface area contributed by atoms with Crippen LogP contribution in [0, 0.1) is 11.6 Å². The molecule has 0 bridgehead atoms. The molecule has 1 N–H and O–H groups in total. The van der Waals surface area contributed by atoms with Gasteiger partial charge in [0, 0.05) is 44.5 Å². The lowest BCUT2D eigenvalue weighted by molar-refractivity contribution is -0.143. The number of para-hydroxylation sites is 1. The lowest BCUT2D eigenvalue weighted by atomic mass is 9.91. The van der Waals surface area contributed by atoms with Crippen LogP contribution in [0.15, 0.2) is 36.4 Å². The fourth-order valence-electron chi connectivity index (χ4n) is 4.98. The number of nitrogens with zero attached hydrogens (tertiary/aromatic N) is 3. The Bertz CT molecular complexity index is 1110. The summed E-state index contributed by atoms with van der Waals surface area (Å²) in [5, 5.41) is 10.0. The molecule has 0 aromatic heterocycles. The van der Waals surface area contributed by atoms with Gasteiger partial charge in [-0.3, -0.25) is 9.59 Å². The number of carbonyl (C=O) groups excluding carboxylic acids is 2. The molecule has 0 spiro atoms. The molecule has 0 radical (unpaired) electrons. The van der Waals surface area contributed by atoms with Crippen LogP contribution in [0.1, 0.15) is 46.8 Å². The summed E-state index contributed by atoms with van der Waals surface area (Å²) < 4.78 is 30.3. The van der Waals surface area contributed by atoms with E-state index in [4.69, 9.17) is 0 Å². The van der Waals surface area contributed by atoms with Gasteiger partial charge in [0.25, 0.3) is 11.8 Å². The van der Waals surface area contributed by atoms with Crippen molar-refractivity contribution in [2.75, 3.05) is 38.1 Å². The van der Waals surface area contributed by atoms with Crippen LogP contribution in [0.5, 0.6) is 0 Å². The molecule has 33 heavy (non-hydrogen) atoms. The molecule has 8 heteroatoms. The SMILES string of the molecule is CN1c2ccccc2CCC1c1ccc(C(=O)N2CCN(C(=O)C3(O)CC3)CC2)c(F)c1F. The van der Waals surface area contributed by atoms with E-state index in [2.05, 4.69) is 0 Å². The standard InChI is InChI=1S/C25H27F2N3O3/c1-28-19-5-3-2-4-16(19)6-9-20(28)17-7-8-18(22(27)21(17)26)23(31)29-12-14-30(15-13-29)24(32)25(33)10-11-25/h2-5,7-8,20,33H,6,9-15H2,1H3. The van der Waals surface area contributed by atoms with Gasteiger partial charge < -0.3 is 19.8 Å². The van der Waals surface area contributed by atoms with Crippen molar-refractivity contribution in [2.45, 2.75) is 37.3 Å². The summed E-state index contributed by atoms with van der Waals surface area (Å²) in [7, 11) is 1.87. The first-order valence-corrected chi connectivity index (χ1v) is 11.4. The highest BCUT2D eigenvalue weighted by molar-refractivity contribution is 5.95. The summed E-state index contributed by atoms with van der Waals surface area (Å²) in [4.78, 5) is 30.1. The van der Waals surface area contributed by atoms with Gasteiger partial charge in [0.15, 0.2) is 11.6 Å². The molecule has 1 unspecified atom stereocenters. The number of halogens is 2. The second-order valence-electron chi connectivity index (χ2n) is 9.24. The Morgan fingerprint density at radius 3 is 2.33 bits per heavy atom. The third-order valence-electron chi connectivity index (χ3n) is 7.20. The number of anilines is 1. The summed E-state index contributed by atoms with van der Waals surface area (Å²) in [6.45, 7) is 0.958. The lowest BCUT2D eigenvalue weighted by Crippen LogP contribution is -2.53. The third kappa shape index (κ3) is 3.76. The van der Waals surface area contributed by atoms with Crippen LogP contribution in [-0.4, -0.2) is 65.5 Å². The molecule has 1 saturated carbocycles. The van der Waals surface area contributed by atoms with Crippen LogP contribution in [0.25, 0.3) is 0 Å². The number of hydrogen-bond acceptors (Lipinski definition) is 4. The van der Waals surface area contributed by atoms with Gasteiger partial charge in [-0.2, -0.15) is 0 Å². The number of fused-ring (bicyclic) bond motifs is 1. The number of rotatable bonds is 3. The largest absolute Gasteiger partial charge is 0.380 e.